The first-order chi connectivity index (χ1) is 32.5. The summed E-state index contributed by atoms with van der Waals surface area (Å²) in [5.74, 6) is -0.988. The van der Waals surface area contributed by atoms with Crippen molar-refractivity contribution in [2.45, 2.75) is 252 Å². The Kier molecular flexibility index (Phi) is 50.9. The number of unbranched alkanes of at least 4 members (excludes halogenated alkanes) is 21. The number of ether oxygens (including phenoxy) is 3. The van der Waals surface area contributed by atoms with E-state index in [0.29, 0.717) is 19.3 Å². The lowest BCUT2D eigenvalue weighted by Gasteiger charge is -2.18. The Bertz CT molecular complexity index is 1330. The van der Waals surface area contributed by atoms with Crippen molar-refractivity contribution in [1.82, 2.24) is 0 Å². The van der Waals surface area contributed by atoms with E-state index < -0.39 is 6.10 Å². The number of hydrogen-bond acceptors (Lipinski definition) is 6. The Balaban J connectivity index is 4.52. The van der Waals surface area contributed by atoms with Crippen LogP contribution in [0, 0.1) is 0 Å². The van der Waals surface area contributed by atoms with E-state index in [0.717, 1.165) is 116 Å². The maximum atomic E-state index is 12.8. The van der Waals surface area contributed by atoms with Gasteiger partial charge in [0.15, 0.2) is 6.10 Å². The van der Waals surface area contributed by atoms with Crippen LogP contribution in [0.15, 0.2) is 97.2 Å². The Morgan fingerprint density at radius 1 is 0.318 bits per heavy atom. The third-order valence-electron chi connectivity index (χ3n) is 11.3. The molecule has 6 nitrogen and oxygen atoms in total. The molecular formula is C60H100O6. The van der Waals surface area contributed by atoms with Gasteiger partial charge in [0, 0.05) is 19.3 Å². The molecule has 0 amide bonds. The molecule has 0 aliphatic heterocycles. The summed E-state index contributed by atoms with van der Waals surface area (Å²) in [5.41, 5.74) is 0. The zero-order valence-corrected chi connectivity index (χ0v) is 42.9. The van der Waals surface area contributed by atoms with Gasteiger partial charge in [0.1, 0.15) is 13.2 Å². The van der Waals surface area contributed by atoms with Gasteiger partial charge in [-0.1, -0.05) is 208 Å². The van der Waals surface area contributed by atoms with E-state index in [4.69, 9.17) is 14.2 Å². The molecule has 1 unspecified atom stereocenters. The molecule has 0 aromatic heterocycles. The van der Waals surface area contributed by atoms with Gasteiger partial charge >= 0.3 is 17.9 Å². The van der Waals surface area contributed by atoms with Crippen molar-refractivity contribution >= 4 is 17.9 Å². The van der Waals surface area contributed by atoms with Crippen LogP contribution in [-0.4, -0.2) is 37.2 Å². The number of esters is 3. The highest BCUT2D eigenvalue weighted by Gasteiger charge is 2.19. The molecular weight excluding hydrogens is 817 g/mol. The lowest BCUT2D eigenvalue weighted by atomic mass is 10.1. The number of rotatable bonds is 48. The fraction of sp³-hybridized carbons (Fsp3) is 0.683. The smallest absolute Gasteiger partial charge is 0.306 e. The zero-order chi connectivity index (χ0) is 47.9. The van der Waals surface area contributed by atoms with Crippen LogP contribution >= 0.6 is 0 Å². The monoisotopic (exact) mass is 917 g/mol. The van der Waals surface area contributed by atoms with Crippen molar-refractivity contribution in [3.8, 4) is 0 Å². The topological polar surface area (TPSA) is 78.9 Å². The summed E-state index contributed by atoms with van der Waals surface area (Å²) in [5, 5.41) is 0. The van der Waals surface area contributed by atoms with Crippen LogP contribution in [0.4, 0.5) is 0 Å². The average molecular weight is 917 g/mol. The zero-order valence-electron chi connectivity index (χ0n) is 42.9. The van der Waals surface area contributed by atoms with Gasteiger partial charge in [0.2, 0.25) is 0 Å². The Morgan fingerprint density at radius 2 is 0.606 bits per heavy atom. The molecule has 0 bridgehead atoms. The van der Waals surface area contributed by atoms with Crippen molar-refractivity contribution in [3.63, 3.8) is 0 Å². The van der Waals surface area contributed by atoms with E-state index in [-0.39, 0.29) is 37.5 Å². The molecule has 1 atom stereocenters. The lowest BCUT2D eigenvalue weighted by molar-refractivity contribution is -0.167. The molecule has 0 aliphatic carbocycles. The number of carbonyl (C=O) groups excluding carboxylic acids is 3. The fourth-order valence-corrected chi connectivity index (χ4v) is 7.21. The second-order valence-corrected chi connectivity index (χ2v) is 17.7. The van der Waals surface area contributed by atoms with Gasteiger partial charge in [-0.15, -0.1) is 0 Å². The summed E-state index contributed by atoms with van der Waals surface area (Å²) in [4.78, 5) is 38.1. The third-order valence-corrected chi connectivity index (χ3v) is 11.3. The third kappa shape index (κ3) is 51.3. The molecule has 0 radical (unpaired) electrons. The van der Waals surface area contributed by atoms with Crippen molar-refractivity contribution in [2.24, 2.45) is 0 Å². The predicted octanol–water partition coefficient (Wildman–Crippen LogP) is 18.1. The lowest BCUT2D eigenvalue weighted by Crippen LogP contribution is -2.30. The van der Waals surface area contributed by atoms with Crippen LogP contribution in [0.5, 0.6) is 0 Å². The second kappa shape index (κ2) is 53.9. The number of allylic oxidation sites excluding steroid dienone is 16. The highest BCUT2D eigenvalue weighted by Crippen LogP contribution is 2.13. The van der Waals surface area contributed by atoms with E-state index in [1.165, 1.54) is 83.5 Å². The van der Waals surface area contributed by atoms with Gasteiger partial charge in [-0.25, -0.2) is 0 Å². The van der Waals surface area contributed by atoms with E-state index in [1.54, 1.807) is 0 Å². The van der Waals surface area contributed by atoms with Crippen LogP contribution in [0.2, 0.25) is 0 Å². The van der Waals surface area contributed by atoms with Gasteiger partial charge in [-0.2, -0.15) is 0 Å². The Labute approximate surface area is 407 Å². The fourth-order valence-electron chi connectivity index (χ4n) is 7.21. The van der Waals surface area contributed by atoms with Crippen molar-refractivity contribution in [2.75, 3.05) is 13.2 Å². The van der Waals surface area contributed by atoms with Gasteiger partial charge in [-0.3, -0.25) is 14.4 Å². The van der Waals surface area contributed by atoms with Gasteiger partial charge in [0.25, 0.3) is 0 Å². The maximum absolute atomic E-state index is 12.8. The minimum Gasteiger partial charge on any atom is -0.462 e. The summed E-state index contributed by atoms with van der Waals surface area (Å²) in [6.07, 6.45) is 71.1. The van der Waals surface area contributed by atoms with Gasteiger partial charge in [0.05, 0.1) is 0 Å². The van der Waals surface area contributed by atoms with Crippen molar-refractivity contribution in [1.29, 1.82) is 0 Å². The van der Waals surface area contributed by atoms with Crippen LogP contribution < -0.4 is 0 Å². The van der Waals surface area contributed by atoms with Crippen molar-refractivity contribution < 1.29 is 28.6 Å². The summed E-state index contributed by atoms with van der Waals surface area (Å²) in [6, 6.07) is 0. The van der Waals surface area contributed by atoms with Gasteiger partial charge in [-0.05, 0) is 116 Å². The average Bonchev–Trinajstić information content (AvgIpc) is 3.31. The standard InChI is InChI=1S/C60H100O6/c1-4-7-10-13-16-19-22-25-28-30-33-35-38-41-44-47-50-53-59(62)65-56-57(55-64-58(61)52-49-46-43-40-37-34-31-27-24-21-18-15-12-9-6-3)66-60(63)54-51-48-45-42-39-36-32-29-26-23-20-17-14-11-8-5-2/h7,10,16,18-19,21,25,27-29,31-33,35,41,44,57H,4-6,8-9,11-15,17,20,22-24,26,30,34,36-40,42-43,45-56H2,1-3H3/b10-7-,19-16-,21-18-,28-25-,31-27-,32-29-,35-33-,44-41-. The van der Waals surface area contributed by atoms with Crippen LogP contribution in [0.25, 0.3) is 0 Å². The van der Waals surface area contributed by atoms with E-state index >= 15 is 0 Å². The van der Waals surface area contributed by atoms with Crippen LogP contribution in [-0.2, 0) is 28.6 Å². The molecule has 0 spiro atoms. The molecule has 0 fully saturated rings. The summed E-state index contributed by atoms with van der Waals surface area (Å²) < 4.78 is 16.8. The molecule has 0 aromatic rings. The van der Waals surface area contributed by atoms with E-state index in [1.807, 2.05) is 0 Å². The molecule has 66 heavy (non-hydrogen) atoms. The minimum atomic E-state index is -0.811. The van der Waals surface area contributed by atoms with E-state index in [2.05, 4.69) is 118 Å². The molecule has 0 saturated heterocycles. The second-order valence-electron chi connectivity index (χ2n) is 17.7. The Hall–Kier alpha value is -3.67. The minimum absolute atomic E-state index is 0.107. The maximum Gasteiger partial charge on any atom is 0.306 e. The van der Waals surface area contributed by atoms with Crippen LogP contribution in [0.1, 0.15) is 245 Å². The molecule has 376 valence electrons. The molecule has 0 aliphatic rings. The highest BCUT2D eigenvalue weighted by atomic mass is 16.6. The normalized spacial score (nSPS) is 12.8. The predicted molar refractivity (Wildman–Crippen MR) is 284 cm³/mol. The SMILES string of the molecule is CC/C=C\C/C=C\C/C=C\C/C=C\C/C=C\CCCC(=O)OCC(COC(=O)CCCCCCC/C=C\C/C=C\CCCCC)OC(=O)CCCCCCC/C=C\CCCCCCCCC. The van der Waals surface area contributed by atoms with Crippen LogP contribution in [0.3, 0.4) is 0 Å². The summed E-state index contributed by atoms with van der Waals surface area (Å²) in [6.45, 7) is 6.43. The molecule has 0 N–H and O–H groups in total. The first-order valence-corrected chi connectivity index (χ1v) is 27.2. The first kappa shape index (κ1) is 62.3. The molecule has 0 aromatic carbocycles. The summed E-state index contributed by atoms with van der Waals surface area (Å²) >= 11 is 0. The quantitative estimate of drug-likeness (QED) is 0.0262. The summed E-state index contributed by atoms with van der Waals surface area (Å²) in [7, 11) is 0. The first-order valence-electron chi connectivity index (χ1n) is 27.2. The molecule has 0 saturated carbocycles. The highest BCUT2D eigenvalue weighted by molar-refractivity contribution is 5.71. The van der Waals surface area contributed by atoms with Gasteiger partial charge < -0.3 is 14.2 Å². The molecule has 6 heteroatoms. The van der Waals surface area contributed by atoms with Crippen molar-refractivity contribution in [3.05, 3.63) is 97.2 Å². The molecule has 0 heterocycles. The Morgan fingerprint density at radius 3 is 1.03 bits per heavy atom. The number of hydrogen-bond donors (Lipinski definition) is 0. The number of carbonyl (C=O) groups is 3. The largest absolute Gasteiger partial charge is 0.462 e. The molecule has 0 rings (SSSR count). The van der Waals surface area contributed by atoms with E-state index in [9.17, 15) is 14.4 Å².